The summed E-state index contributed by atoms with van der Waals surface area (Å²) >= 11 is 0. The van der Waals surface area contributed by atoms with Crippen molar-refractivity contribution < 1.29 is 4.39 Å². The Labute approximate surface area is 125 Å². The molecule has 2 aromatic rings. The maximum Gasteiger partial charge on any atom is 0.141 e. The fraction of sp³-hybridized carbons (Fsp3) is 0.500. The molecule has 21 heavy (non-hydrogen) atoms. The van der Waals surface area contributed by atoms with Crippen molar-refractivity contribution in [2.75, 3.05) is 6.54 Å². The van der Waals surface area contributed by atoms with Crippen LogP contribution in [0.3, 0.4) is 0 Å². The van der Waals surface area contributed by atoms with E-state index in [1.807, 2.05) is 12.4 Å². The normalized spacial score (nSPS) is 12.5. The molecule has 0 bridgehead atoms. The molecule has 0 aliphatic carbocycles. The quantitative estimate of drug-likeness (QED) is 0.812. The van der Waals surface area contributed by atoms with E-state index < -0.39 is 0 Å². The van der Waals surface area contributed by atoms with Crippen molar-refractivity contribution in [2.45, 2.75) is 45.7 Å². The van der Waals surface area contributed by atoms with Crippen molar-refractivity contribution in [3.63, 3.8) is 0 Å². The van der Waals surface area contributed by atoms with Crippen LogP contribution < -0.4 is 5.32 Å². The van der Waals surface area contributed by atoms with E-state index in [0.29, 0.717) is 0 Å². The summed E-state index contributed by atoms with van der Waals surface area (Å²) in [6, 6.07) is 3.26. The molecule has 5 heteroatoms. The molecule has 0 amide bonds. The minimum absolute atomic E-state index is 0.0588. The SMILES string of the molecule is CCCNC(Cc1nccn1CCC)c1ccc(F)cn1. The van der Waals surface area contributed by atoms with Crippen LogP contribution in [0.1, 0.15) is 44.2 Å². The number of hydrogen-bond donors (Lipinski definition) is 1. The maximum atomic E-state index is 13.0. The lowest BCUT2D eigenvalue weighted by molar-refractivity contribution is 0.490. The Kier molecular flexibility index (Phi) is 5.87. The van der Waals surface area contributed by atoms with Crippen LogP contribution in [-0.4, -0.2) is 21.1 Å². The number of nitrogens with zero attached hydrogens (tertiary/aromatic N) is 3. The number of aryl methyl sites for hydroxylation is 1. The van der Waals surface area contributed by atoms with Gasteiger partial charge in [0.25, 0.3) is 0 Å². The average molecular weight is 290 g/mol. The van der Waals surface area contributed by atoms with Crippen LogP contribution in [0, 0.1) is 5.82 Å². The smallest absolute Gasteiger partial charge is 0.141 e. The summed E-state index contributed by atoms with van der Waals surface area (Å²) in [6.45, 7) is 6.14. The Hall–Kier alpha value is -1.75. The van der Waals surface area contributed by atoms with Crippen molar-refractivity contribution >= 4 is 0 Å². The van der Waals surface area contributed by atoms with Gasteiger partial charge in [0.05, 0.1) is 17.9 Å². The summed E-state index contributed by atoms with van der Waals surface area (Å²) in [7, 11) is 0. The lowest BCUT2D eigenvalue weighted by Gasteiger charge is -2.18. The van der Waals surface area contributed by atoms with Crippen LogP contribution in [0.5, 0.6) is 0 Å². The van der Waals surface area contributed by atoms with Gasteiger partial charge in [0.1, 0.15) is 11.6 Å². The highest BCUT2D eigenvalue weighted by Crippen LogP contribution is 2.16. The van der Waals surface area contributed by atoms with E-state index in [-0.39, 0.29) is 11.9 Å². The third-order valence-corrected chi connectivity index (χ3v) is 3.40. The highest BCUT2D eigenvalue weighted by molar-refractivity contribution is 5.12. The lowest BCUT2D eigenvalue weighted by atomic mass is 10.1. The molecule has 1 atom stereocenters. The molecule has 0 fully saturated rings. The third-order valence-electron chi connectivity index (χ3n) is 3.40. The molecular formula is C16H23FN4. The number of nitrogens with one attached hydrogen (secondary N) is 1. The zero-order valence-electron chi connectivity index (χ0n) is 12.7. The molecule has 0 aliphatic heterocycles. The molecule has 2 aromatic heterocycles. The first kappa shape index (κ1) is 15.6. The van der Waals surface area contributed by atoms with Gasteiger partial charge in [-0.3, -0.25) is 4.98 Å². The Balaban J connectivity index is 2.15. The molecule has 114 valence electrons. The number of imidazole rings is 1. The summed E-state index contributed by atoms with van der Waals surface area (Å²) in [4.78, 5) is 8.66. The Morgan fingerprint density at radius 3 is 2.76 bits per heavy atom. The molecule has 0 spiro atoms. The predicted octanol–water partition coefficient (Wildman–Crippen LogP) is 3.11. The second-order valence-electron chi connectivity index (χ2n) is 5.15. The summed E-state index contributed by atoms with van der Waals surface area (Å²) in [5, 5.41) is 3.47. The van der Waals surface area contributed by atoms with E-state index in [0.717, 1.165) is 43.9 Å². The first-order valence-electron chi connectivity index (χ1n) is 7.59. The zero-order valence-corrected chi connectivity index (χ0v) is 12.7. The van der Waals surface area contributed by atoms with Crippen LogP contribution in [0.15, 0.2) is 30.7 Å². The molecule has 2 heterocycles. The number of halogens is 1. The van der Waals surface area contributed by atoms with Crippen molar-refractivity contribution in [3.8, 4) is 0 Å². The number of aromatic nitrogens is 3. The molecule has 0 aromatic carbocycles. The van der Waals surface area contributed by atoms with Crippen LogP contribution >= 0.6 is 0 Å². The average Bonchev–Trinajstić information content (AvgIpc) is 2.92. The van der Waals surface area contributed by atoms with Gasteiger partial charge in [0.2, 0.25) is 0 Å². The Morgan fingerprint density at radius 2 is 2.10 bits per heavy atom. The fourth-order valence-electron chi connectivity index (χ4n) is 2.35. The number of pyridine rings is 1. The topological polar surface area (TPSA) is 42.7 Å². The van der Waals surface area contributed by atoms with E-state index in [2.05, 4.69) is 33.7 Å². The van der Waals surface area contributed by atoms with E-state index in [1.54, 1.807) is 6.07 Å². The Bertz CT molecular complexity index is 535. The minimum atomic E-state index is -0.305. The first-order chi connectivity index (χ1) is 10.2. The van der Waals surface area contributed by atoms with Crippen LogP contribution in [-0.2, 0) is 13.0 Å². The third kappa shape index (κ3) is 4.36. The molecule has 1 N–H and O–H groups in total. The predicted molar refractivity (Wildman–Crippen MR) is 81.5 cm³/mol. The number of rotatable bonds is 8. The summed E-state index contributed by atoms with van der Waals surface area (Å²) in [5.74, 6) is 0.733. The van der Waals surface area contributed by atoms with Gasteiger partial charge in [-0.2, -0.15) is 0 Å². The maximum absolute atomic E-state index is 13.0. The van der Waals surface area contributed by atoms with Gasteiger partial charge in [0.15, 0.2) is 0 Å². The standard InChI is InChI=1S/C16H23FN4/c1-3-7-18-15(14-6-5-13(17)12-20-14)11-16-19-8-10-21(16)9-4-2/h5-6,8,10,12,15,18H,3-4,7,9,11H2,1-2H3. The molecule has 0 saturated carbocycles. The van der Waals surface area contributed by atoms with Crippen molar-refractivity contribution in [1.82, 2.24) is 19.9 Å². The monoisotopic (exact) mass is 290 g/mol. The van der Waals surface area contributed by atoms with Gasteiger partial charge in [-0.1, -0.05) is 13.8 Å². The molecule has 4 nitrogen and oxygen atoms in total. The fourth-order valence-corrected chi connectivity index (χ4v) is 2.35. The number of hydrogen-bond acceptors (Lipinski definition) is 3. The molecule has 2 rings (SSSR count). The van der Waals surface area contributed by atoms with Gasteiger partial charge < -0.3 is 9.88 Å². The van der Waals surface area contributed by atoms with E-state index in [1.165, 1.54) is 12.3 Å². The molecule has 1 unspecified atom stereocenters. The lowest BCUT2D eigenvalue weighted by Crippen LogP contribution is -2.26. The van der Waals surface area contributed by atoms with Crippen molar-refractivity contribution in [3.05, 3.63) is 48.1 Å². The van der Waals surface area contributed by atoms with Crippen molar-refractivity contribution in [1.29, 1.82) is 0 Å². The molecule has 0 aliphatic rings. The van der Waals surface area contributed by atoms with E-state index in [9.17, 15) is 4.39 Å². The van der Waals surface area contributed by atoms with Gasteiger partial charge >= 0.3 is 0 Å². The van der Waals surface area contributed by atoms with E-state index in [4.69, 9.17) is 0 Å². The van der Waals surface area contributed by atoms with Gasteiger partial charge in [-0.05, 0) is 31.5 Å². The first-order valence-corrected chi connectivity index (χ1v) is 7.59. The zero-order chi connectivity index (χ0) is 15.1. The molecule has 0 saturated heterocycles. The highest BCUT2D eigenvalue weighted by Gasteiger charge is 2.16. The summed E-state index contributed by atoms with van der Waals surface area (Å²) < 4.78 is 15.2. The summed E-state index contributed by atoms with van der Waals surface area (Å²) in [6.07, 6.45) is 7.99. The largest absolute Gasteiger partial charge is 0.335 e. The Morgan fingerprint density at radius 1 is 1.24 bits per heavy atom. The second-order valence-corrected chi connectivity index (χ2v) is 5.15. The highest BCUT2D eigenvalue weighted by atomic mass is 19.1. The van der Waals surface area contributed by atoms with Gasteiger partial charge in [0, 0.05) is 25.4 Å². The van der Waals surface area contributed by atoms with Crippen molar-refractivity contribution in [2.24, 2.45) is 0 Å². The second kappa shape index (κ2) is 7.88. The molecule has 0 radical (unpaired) electrons. The van der Waals surface area contributed by atoms with Crippen LogP contribution in [0.25, 0.3) is 0 Å². The van der Waals surface area contributed by atoms with Crippen LogP contribution in [0.4, 0.5) is 4.39 Å². The van der Waals surface area contributed by atoms with E-state index >= 15 is 0 Å². The van der Waals surface area contributed by atoms with Crippen LogP contribution in [0.2, 0.25) is 0 Å². The molecular weight excluding hydrogens is 267 g/mol. The van der Waals surface area contributed by atoms with Gasteiger partial charge in [-0.25, -0.2) is 9.37 Å². The van der Waals surface area contributed by atoms with Gasteiger partial charge in [-0.15, -0.1) is 0 Å². The minimum Gasteiger partial charge on any atom is -0.335 e. The summed E-state index contributed by atoms with van der Waals surface area (Å²) in [5.41, 5.74) is 0.857.